The van der Waals surface area contributed by atoms with Crippen LogP contribution >= 0.6 is 0 Å². The first-order chi connectivity index (χ1) is 11.9. The van der Waals surface area contributed by atoms with Gasteiger partial charge in [-0.25, -0.2) is 4.79 Å². The Bertz CT molecular complexity index is 535. The molecule has 0 bridgehead atoms. The predicted octanol–water partition coefficient (Wildman–Crippen LogP) is -0.244. The summed E-state index contributed by atoms with van der Waals surface area (Å²) in [6.07, 6.45) is 5.95. The van der Waals surface area contributed by atoms with Crippen molar-refractivity contribution in [3.63, 3.8) is 0 Å². The Morgan fingerprint density at radius 1 is 1.40 bits per heavy atom. The van der Waals surface area contributed by atoms with E-state index >= 15 is 0 Å². The Morgan fingerprint density at radius 3 is 2.56 bits per heavy atom. The van der Waals surface area contributed by atoms with Crippen LogP contribution in [0.5, 0.6) is 0 Å². The minimum atomic E-state index is -1.13. The van der Waals surface area contributed by atoms with E-state index < -0.39 is 29.8 Å². The van der Waals surface area contributed by atoms with E-state index in [1.54, 1.807) is 0 Å². The fourth-order valence-corrected chi connectivity index (χ4v) is 2.46. The Morgan fingerprint density at radius 2 is 2.04 bits per heavy atom. The fourth-order valence-electron chi connectivity index (χ4n) is 2.46. The molecule has 2 atom stereocenters. The highest BCUT2D eigenvalue weighted by molar-refractivity contribution is 6.26. The number of nitrogens with one attached hydrogen (secondary N) is 2. The van der Waals surface area contributed by atoms with E-state index in [1.807, 2.05) is 7.05 Å². The lowest BCUT2D eigenvalue weighted by Gasteiger charge is -2.30. The summed E-state index contributed by atoms with van der Waals surface area (Å²) in [4.78, 5) is 37.9. The molecule has 138 valence electrons. The molecular weight excluding hydrogens is 326 g/mol. The minimum Gasteiger partial charge on any atom is -0.461 e. The topological polar surface area (TPSA) is 109 Å². The second-order valence-electron chi connectivity index (χ2n) is 5.93. The second kappa shape index (κ2) is 10.6. The average molecular weight is 351 g/mol. The molecule has 2 N–H and O–H groups in total. The zero-order chi connectivity index (χ0) is 18.8. The van der Waals surface area contributed by atoms with Gasteiger partial charge in [-0.1, -0.05) is 5.92 Å². The first-order valence-electron chi connectivity index (χ1n) is 8.12. The van der Waals surface area contributed by atoms with E-state index in [9.17, 15) is 14.4 Å². The van der Waals surface area contributed by atoms with Crippen molar-refractivity contribution in [1.82, 2.24) is 10.2 Å². The molecule has 8 heteroatoms. The van der Waals surface area contributed by atoms with Gasteiger partial charge >= 0.3 is 5.97 Å². The highest BCUT2D eigenvalue weighted by Crippen LogP contribution is 2.14. The van der Waals surface area contributed by atoms with E-state index in [0.717, 1.165) is 13.1 Å². The number of carbonyl (C=O) groups is 3. The summed E-state index contributed by atoms with van der Waals surface area (Å²) in [5.74, 6) is 0.480. The zero-order valence-corrected chi connectivity index (χ0v) is 14.6. The zero-order valence-electron chi connectivity index (χ0n) is 14.6. The van der Waals surface area contributed by atoms with Gasteiger partial charge in [-0.05, 0) is 26.3 Å². The molecule has 0 aromatic heterocycles. The van der Waals surface area contributed by atoms with Gasteiger partial charge in [-0.2, -0.15) is 0 Å². The summed E-state index contributed by atoms with van der Waals surface area (Å²) in [7, 11) is 3.28. The first-order valence-corrected chi connectivity index (χ1v) is 8.12. The number of carbonyl (C=O) groups excluding carboxylic acids is 3. The highest BCUT2D eigenvalue weighted by atomic mass is 16.5. The molecule has 0 aromatic carbocycles. The normalized spacial score (nSPS) is 17.8. The molecule has 1 aliphatic heterocycles. The monoisotopic (exact) mass is 351 g/mol. The van der Waals surface area contributed by atoms with Gasteiger partial charge in [0.25, 0.3) is 5.91 Å². The van der Waals surface area contributed by atoms with Gasteiger partial charge in [0.2, 0.25) is 0 Å². The van der Waals surface area contributed by atoms with Crippen LogP contribution in [-0.2, 0) is 23.9 Å². The quantitative estimate of drug-likeness (QED) is 0.337. The maximum atomic E-state index is 12.4. The van der Waals surface area contributed by atoms with Crippen LogP contribution in [0.2, 0.25) is 0 Å². The van der Waals surface area contributed by atoms with Gasteiger partial charge in [0, 0.05) is 26.6 Å². The molecule has 1 aliphatic rings. The Balaban J connectivity index is 2.69. The standard InChI is InChI=1S/C17H25N3O5/c1-4-15(24-3)16(22)19-14(6-5-12(21)11-18)17(23)25-13-7-9-20(2)10-8-13/h1,11,13-15,18H,5-10H2,2-3H3,(H,19,22)/t14-,15-/m0/s1. The summed E-state index contributed by atoms with van der Waals surface area (Å²) >= 11 is 0. The number of nitrogens with zero attached hydrogens (tertiary/aromatic N) is 1. The number of hydrogen-bond acceptors (Lipinski definition) is 7. The lowest BCUT2D eigenvalue weighted by Crippen LogP contribution is -2.48. The molecular formula is C17H25N3O5. The highest BCUT2D eigenvalue weighted by Gasteiger charge is 2.29. The van der Waals surface area contributed by atoms with Gasteiger partial charge in [-0.15, -0.1) is 6.42 Å². The van der Waals surface area contributed by atoms with E-state index in [0.29, 0.717) is 19.1 Å². The number of Topliss-reactive ketones (excluding diaryl/α,β-unsaturated/α-hetero) is 1. The third kappa shape index (κ3) is 7.03. The number of likely N-dealkylation sites (tertiary alicyclic amines) is 1. The van der Waals surface area contributed by atoms with Crippen LogP contribution in [-0.4, -0.2) is 74.3 Å². The van der Waals surface area contributed by atoms with Crippen molar-refractivity contribution < 1.29 is 23.9 Å². The molecule has 1 fully saturated rings. The number of esters is 1. The first kappa shape index (κ1) is 20.8. The number of methoxy groups -OCH3 is 1. The van der Waals surface area contributed by atoms with Crippen LogP contribution in [0.15, 0.2) is 0 Å². The van der Waals surface area contributed by atoms with Crippen molar-refractivity contribution >= 4 is 23.9 Å². The maximum absolute atomic E-state index is 12.4. The Hall–Kier alpha value is -2.24. The molecule has 0 saturated carbocycles. The SMILES string of the molecule is C#C[C@H](OC)C(=O)N[C@@H](CCC(=O)C=N)C(=O)OC1CCN(C)CC1. The number of amides is 1. The summed E-state index contributed by atoms with van der Waals surface area (Å²) in [5.41, 5.74) is 0. The Kier molecular flexibility index (Phi) is 8.81. The third-order valence-corrected chi connectivity index (χ3v) is 4.02. The van der Waals surface area contributed by atoms with E-state index in [2.05, 4.69) is 16.1 Å². The second-order valence-corrected chi connectivity index (χ2v) is 5.93. The number of rotatable bonds is 9. The molecule has 1 heterocycles. The van der Waals surface area contributed by atoms with Gasteiger partial charge in [0.15, 0.2) is 11.9 Å². The molecule has 1 saturated heterocycles. The minimum absolute atomic E-state index is 0.0341. The van der Waals surface area contributed by atoms with Crippen LogP contribution in [0.25, 0.3) is 0 Å². The molecule has 0 unspecified atom stereocenters. The van der Waals surface area contributed by atoms with Crippen LogP contribution < -0.4 is 5.32 Å². The lowest BCUT2D eigenvalue weighted by atomic mass is 10.1. The van der Waals surface area contributed by atoms with Crippen LogP contribution in [0.1, 0.15) is 25.7 Å². The molecule has 0 aliphatic carbocycles. The largest absolute Gasteiger partial charge is 0.461 e. The fraction of sp³-hybridized carbons (Fsp3) is 0.647. The predicted molar refractivity (Wildman–Crippen MR) is 91.2 cm³/mol. The summed E-state index contributed by atoms with van der Waals surface area (Å²) < 4.78 is 10.3. The van der Waals surface area contributed by atoms with Gasteiger partial charge in [0.1, 0.15) is 12.1 Å². The molecule has 1 amide bonds. The molecule has 8 nitrogen and oxygen atoms in total. The van der Waals surface area contributed by atoms with Crippen molar-refractivity contribution in [3.8, 4) is 12.3 Å². The molecule has 1 rings (SSSR count). The van der Waals surface area contributed by atoms with Crippen molar-refractivity contribution in [2.24, 2.45) is 0 Å². The number of terminal acetylenes is 1. The van der Waals surface area contributed by atoms with Crippen molar-refractivity contribution in [3.05, 3.63) is 0 Å². The average Bonchev–Trinajstić information content (AvgIpc) is 2.61. The summed E-state index contributed by atoms with van der Waals surface area (Å²) in [6, 6.07) is -1.01. The molecule has 0 spiro atoms. The Labute approximate surface area is 147 Å². The van der Waals surface area contributed by atoms with Gasteiger partial charge < -0.3 is 25.1 Å². The van der Waals surface area contributed by atoms with Crippen molar-refractivity contribution in [2.45, 2.75) is 43.9 Å². The number of hydrogen-bond donors (Lipinski definition) is 2. The number of ether oxygens (including phenoxy) is 2. The summed E-state index contributed by atoms with van der Waals surface area (Å²) in [6.45, 7) is 1.65. The van der Waals surface area contributed by atoms with E-state index in [4.69, 9.17) is 21.3 Å². The van der Waals surface area contributed by atoms with E-state index in [-0.39, 0.29) is 18.9 Å². The van der Waals surface area contributed by atoms with Crippen LogP contribution in [0, 0.1) is 17.8 Å². The van der Waals surface area contributed by atoms with Crippen molar-refractivity contribution in [2.75, 3.05) is 27.2 Å². The van der Waals surface area contributed by atoms with E-state index in [1.165, 1.54) is 7.11 Å². The van der Waals surface area contributed by atoms with Crippen molar-refractivity contribution in [1.29, 1.82) is 5.41 Å². The molecule has 0 aromatic rings. The van der Waals surface area contributed by atoms with Crippen LogP contribution in [0.4, 0.5) is 0 Å². The number of piperidine rings is 1. The number of ketones is 1. The molecule has 25 heavy (non-hydrogen) atoms. The lowest BCUT2D eigenvalue weighted by molar-refractivity contribution is -0.155. The van der Waals surface area contributed by atoms with Gasteiger partial charge in [0.05, 0.1) is 6.21 Å². The molecule has 0 radical (unpaired) electrons. The maximum Gasteiger partial charge on any atom is 0.328 e. The smallest absolute Gasteiger partial charge is 0.328 e. The third-order valence-electron chi connectivity index (χ3n) is 4.02. The van der Waals surface area contributed by atoms with Gasteiger partial charge in [-0.3, -0.25) is 9.59 Å². The summed E-state index contributed by atoms with van der Waals surface area (Å²) in [5, 5.41) is 9.40. The van der Waals surface area contributed by atoms with Crippen LogP contribution in [0.3, 0.4) is 0 Å².